The van der Waals surface area contributed by atoms with Crippen molar-refractivity contribution < 1.29 is 9.47 Å². The van der Waals surface area contributed by atoms with Gasteiger partial charge in [-0.25, -0.2) is 4.98 Å². The van der Waals surface area contributed by atoms with Crippen molar-refractivity contribution in [2.75, 3.05) is 7.11 Å². The molecule has 0 spiro atoms. The first-order valence-electron chi connectivity index (χ1n) is 10.8. The summed E-state index contributed by atoms with van der Waals surface area (Å²) in [5.41, 5.74) is 2.15. The van der Waals surface area contributed by atoms with E-state index in [2.05, 4.69) is 48.0 Å². The van der Waals surface area contributed by atoms with Gasteiger partial charge in [0.2, 0.25) is 0 Å². The fourth-order valence-electron chi connectivity index (χ4n) is 3.55. The number of methoxy groups -OCH3 is 1. The van der Waals surface area contributed by atoms with Gasteiger partial charge in [-0.05, 0) is 46.3 Å². The SMILES string of the molecule is CCc1nc2ccc(Br)cc2c(=O)n1N=Cc1cc(OC)c(OCc2ccccc2C#N)c(Cl)c1Br. The molecule has 0 aliphatic rings. The van der Waals surface area contributed by atoms with Crippen LogP contribution in [0, 0.1) is 11.3 Å². The number of halogens is 3. The Morgan fingerprint density at radius 1 is 1.22 bits per heavy atom. The van der Waals surface area contributed by atoms with E-state index in [1.54, 1.807) is 30.3 Å². The second-order valence-electron chi connectivity index (χ2n) is 7.59. The standard InChI is InChI=1S/C26H19Br2ClN4O3/c1-3-22-32-20-9-8-18(27)11-19(20)26(34)33(22)31-13-17-10-21(35-2)25(24(29)23(17)28)36-14-16-7-5-4-6-15(16)12-30/h4-11,13H,3,14H2,1-2H3. The second kappa shape index (κ2) is 11.2. The van der Waals surface area contributed by atoms with Crippen LogP contribution < -0.4 is 15.0 Å². The van der Waals surface area contributed by atoms with E-state index in [-0.39, 0.29) is 17.2 Å². The van der Waals surface area contributed by atoms with Crippen molar-refractivity contribution in [3.8, 4) is 17.6 Å². The van der Waals surface area contributed by atoms with E-state index >= 15 is 0 Å². The zero-order valence-electron chi connectivity index (χ0n) is 19.3. The summed E-state index contributed by atoms with van der Waals surface area (Å²) in [6.45, 7) is 2.04. The molecule has 0 bridgehead atoms. The van der Waals surface area contributed by atoms with E-state index in [1.807, 2.05) is 25.1 Å². The smallest absolute Gasteiger partial charge is 0.282 e. The molecule has 7 nitrogen and oxygen atoms in total. The normalized spacial score (nSPS) is 11.1. The van der Waals surface area contributed by atoms with Crippen LogP contribution in [0.1, 0.15) is 29.4 Å². The molecule has 0 aliphatic carbocycles. The average molecular weight is 631 g/mol. The van der Waals surface area contributed by atoms with E-state index in [9.17, 15) is 10.1 Å². The molecule has 0 fully saturated rings. The summed E-state index contributed by atoms with van der Waals surface area (Å²) in [7, 11) is 1.50. The summed E-state index contributed by atoms with van der Waals surface area (Å²) in [6.07, 6.45) is 2.03. The summed E-state index contributed by atoms with van der Waals surface area (Å²) in [6, 6.07) is 16.4. The van der Waals surface area contributed by atoms with Gasteiger partial charge in [-0.2, -0.15) is 15.0 Å². The highest BCUT2D eigenvalue weighted by molar-refractivity contribution is 9.10. The highest BCUT2D eigenvalue weighted by Crippen LogP contribution is 2.42. The molecular weight excluding hydrogens is 612 g/mol. The van der Waals surface area contributed by atoms with Crippen molar-refractivity contribution in [2.24, 2.45) is 5.10 Å². The highest BCUT2D eigenvalue weighted by atomic mass is 79.9. The van der Waals surface area contributed by atoms with Gasteiger partial charge in [0.1, 0.15) is 17.5 Å². The van der Waals surface area contributed by atoms with E-state index < -0.39 is 0 Å². The predicted octanol–water partition coefficient (Wildman–Crippen LogP) is 6.48. The first-order valence-corrected chi connectivity index (χ1v) is 12.8. The summed E-state index contributed by atoms with van der Waals surface area (Å²) in [4.78, 5) is 17.8. The maximum Gasteiger partial charge on any atom is 0.282 e. The zero-order valence-corrected chi connectivity index (χ0v) is 23.2. The number of nitrogens with zero attached hydrogens (tertiary/aromatic N) is 4. The molecule has 0 atom stereocenters. The number of aryl methyl sites for hydroxylation is 1. The van der Waals surface area contributed by atoms with Crippen molar-refractivity contribution in [2.45, 2.75) is 20.0 Å². The molecule has 182 valence electrons. The van der Waals surface area contributed by atoms with Crippen LogP contribution in [0.4, 0.5) is 0 Å². The van der Waals surface area contributed by atoms with Crippen molar-refractivity contribution in [3.63, 3.8) is 0 Å². The minimum absolute atomic E-state index is 0.132. The molecule has 4 rings (SSSR count). The van der Waals surface area contributed by atoms with Gasteiger partial charge in [0.15, 0.2) is 11.5 Å². The molecule has 0 saturated carbocycles. The third kappa shape index (κ3) is 5.16. The molecular formula is C26H19Br2ClN4O3. The second-order valence-corrected chi connectivity index (χ2v) is 9.67. The van der Waals surface area contributed by atoms with Crippen LogP contribution in [0.25, 0.3) is 10.9 Å². The Morgan fingerprint density at radius 3 is 2.72 bits per heavy atom. The number of hydrogen-bond donors (Lipinski definition) is 0. The lowest BCUT2D eigenvalue weighted by Crippen LogP contribution is -2.22. The third-order valence-corrected chi connectivity index (χ3v) is 7.33. The minimum Gasteiger partial charge on any atom is -0.493 e. The molecule has 3 aromatic carbocycles. The van der Waals surface area contributed by atoms with Gasteiger partial charge < -0.3 is 9.47 Å². The largest absolute Gasteiger partial charge is 0.493 e. The first-order chi connectivity index (χ1) is 17.4. The summed E-state index contributed by atoms with van der Waals surface area (Å²) < 4.78 is 14.0. The van der Waals surface area contributed by atoms with Gasteiger partial charge in [0.25, 0.3) is 5.56 Å². The minimum atomic E-state index is -0.278. The Morgan fingerprint density at radius 2 is 2.00 bits per heavy atom. The number of fused-ring (bicyclic) bond motifs is 1. The Bertz CT molecular complexity index is 1600. The molecule has 0 saturated heterocycles. The molecule has 1 aromatic heterocycles. The number of aromatic nitrogens is 2. The van der Waals surface area contributed by atoms with Gasteiger partial charge in [-0.1, -0.05) is 52.7 Å². The van der Waals surface area contributed by atoms with Gasteiger partial charge >= 0.3 is 0 Å². The molecule has 0 aliphatic heterocycles. The summed E-state index contributed by atoms with van der Waals surface area (Å²) >= 11 is 13.5. The van der Waals surface area contributed by atoms with Crippen LogP contribution in [0.15, 0.2) is 67.4 Å². The molecule has 1 heterocycles. The van der Waals surface area contributed by atoms with Crippen molar-refractivity contribution >= 4 is 60.6 Å². The van der Waals surface area contributed by atoms with E-state index in [4.69, 9.17) is 21.1 Å². The van der Waals surface area contributed by atoms with Gasteiger partial charge in [0, 0.05) is 26.5 Å². The van der Waals surface area contributed by atoms with Crippen LogP contribution in [-0.4, -0.2) is 23.0 Å². The van der Waals surface area contributed by atoms with Gasteiger partial charge in [-0.3, -0.25) is 4.79 Å². The number of rotatable bonds is 7. The molecule has 10 heteroatoms. The van der Waals surface area contributed by atoms with Crippen molar-refractivity contribution in [1.82, 2.24) is 9.66 Å². The first kappa shape index (κ1) is 25.9. The molecule has 4 aromatic rings. The maximum atomic E-state index is 13.2. The van der Waals surface area contributed by atoms with E-state index in [0.29, 0.717) is 50.2 Å². The number of nitriles is 1. The van der Waals surface area contributed by atoms with Crippen LogP contribution in [0.2, 0.25) is 5.02 Å². The summed E-state index contributed by atoms with van der Waals surface area (Å²) in [5, 5.41) is 14.5. The average Bonchev–Trinajstić information content (AvgIpc) is 2.89. The predicted molar refractivity (Wildman–Crippen MR) is 147 cm³/mol. The fourth-order valence-corrected chi connectivity index (χ4v) is 4.57. The number of hydrogen-bond acceptors (Lipinski definition) is 6. The lowest BCUT2D eigenvalue weighted by molar-refractivity contribution is 0.284. The Balaban J connectivity index is 1.72. The Labute approximate surface area is 229 Å². The molecule has 0 amide bonds. The molecule has 0 unspecified atom stereocenters. The van der Waals surface area contributed by atoms with Crippen LogP contribution in [-0.2, 0) is 13.0 Å². The van der Waals surface area contributed by atoms with Crippen molar-refractivity contribution in [3.05, 3.63) is 95.4 Å². The lowest BCUT2D eigenvalue weighted by atomic mass is 10.1. The van der Waals surface area contributed by atoms with Gasteiger partial charge in [0.05, 0.1) is 35.9 Å². The fraction of sp³-hybridized carbons (Fsp3) is 0.154. The quantitative estimate of drug-likeness (QED) is 0.218. The number of ether oxygens (including phenoxy) is 2. The van der Waals surface area contributed by atoms with Crippen molar-refractivity contribution in [1.29, 1.82) is 5.26 Å². The Kier molecular flexibility index (Phi) is 8.09. The molecule has 0 radical (unpaired) electrons. The topological polar surface area (TPSA) is 89.5 Å². The highest BCUT2D eigenvalue weighted by Gasteiger charge is 2.18. The lowest BCUT2D eigenvalue weighted by Gasteiger charge is -2.15. The number of benzene rings is 3. The van der Waals surface area contributed by atoms with E-state index in [0.717, 1.165) is 10.0 Å². The van der Waals surface area contributed by atoms with Crippen LogP contribution in [0.5, 0.6) is 11.5 Å². The van der Waals surface area contributed by atoms with Crippen LogP contribution in [0.3, 0.4) is 0 Å². The van der Waals surface area contributed by atoms with Crippen LogP contribution >= 0.6 is 43.5 Å². The summed E-state index contributed by atoms with van der Waals surface area (Å²) in [5.74, 6) is 1.22. The zero-order chi connectivity index (χ0) is 25.8. The van der Waals surface area contributed by atoms with E-state index in [1.165, 1.54) is 18.0 Å². The Hall–Kier alpha value is -3.19. The third-order valence-electron chi connectivity index (χ3n) is 5.39. The molecule has 0 N–H and O–H groups in total. The maximum absolute atomic E-state index is 13.2. The molecule has 36 heavy (non-hydrogen) atoms. The van der Waals surface area contributed by atoms with Gasteiger partial charge in [-0.15, -0.1) is 0 Å². The monoisotopic (exact) mass is 628 g/mol.